The van der Waals surface area contributed by atoms with Gasteiger partial charge < -0.3 is 5.73 Å². The van der Waals surface area contributed by atoms with Crippen molar-refractivity contribution in [2.24, 2.45) is 23.5 Å². The topological polar surface area (TPSA) is 26.0 Å². The maximum absolute atomic E-state index is 6.07. The molecule has 0 aliphatic heterocycles. The highest BCUT2D eigenvalue weighted by Crippen LogP contribution is 2.31. The van der Waals surface area contributed by atoms with E-state index in [-0.39, 0.29) is 0 Å². The van der Waals surface area contributed by atoms with Gasteiger partial charge >= 0.3 is 0 Å². The Labute approximate surface area is 70.4 Å². The van der Waals surface area contributed by atoms with Gasteiger partial charge in [0.1, 0.15) is 0 Å². The van der Waals surface area contributed by atoms with E-state index >= 15 is 0 Å². The predicted octanol–water partition coefficient (Wildman–Crippen LogP) is 2.41. The third kappa shape index (κ3) is 2.19. The Hall–Kier alpha value is -0.0400. The summed E-state index contributed by atoms with van der Waals surface area (Å²) in [6.07, 6.45) is 3.97. The molecule has 0 spiro atoms. The van der Waals surface area contributed by atoms with Gasteiger partial charge in [-0.2, -0.15) is 0 Å². The second-order valence-electron chi connectivity index (χ2n) is 4.49. The van der Waals surface area contributed by atoms with Crippen LogP contribution in [0.4, 0.5) is 0 Å². The first-order valence-corrected chi connectivity index (χ1v) is 4.87. The van der Waals surface area contributed by atoms with Crippen LogP contribution in [0.15, 0.2) is 0 Å². The maximum Gasteiger partial charge on any atom is 0.00721 e. The summed E-state index contributed by atoms with van der Waals surface area (Å²) in [7, 11) is 0. The van der Waals surface area contributed by atoms with Gasteiger partial charge in [-0.25, -0.2) is 0 Å². The molecule has 1 fully saturated rings. The van der Waals surface area contributed by atoms with Gasteiger partial charge in [0.25, 0.3) is 0 Å². The van der Waals surface area contributed by atoms with Crippen LogP contribution < -0.4 is 5.73 Å². The van der Waals surface area contributed by atoms with E-state index in [4.69, 9.17) is 5.73 Å². The number of nitrogens with two attached hydrogens (primary N) is 1. The van der Waals surface area contributed by atoms with E-state index < -0.39 is 0 Å². The molecule has 0 aromatic rings. The van der Waals surface area contributed by atoms with Gasteiger partial charge in [0, 0.05) is 6.04 Å². The molecular formula is C10H21N. The molecule has 0 aromatic carbocycles. The quantitative estimate of drug-likeness (QED) is 0.618. The number of rotatable bonds is 1. The molecule has 0 aromatic heterocycles. The Kier molecular flexibility index (Phi) is 2.94. The Morgan fingerprint density at radius 1 is 1.27 bits per heavy atom. The second-order valence-corrected chi connectivity index (χ2v) is 4.49. The van der Waals surface area contributed by atoms with E-state index in [0.717, 1.165) is 17.8 Å². The van der Waals surface area contributed by atoms with Gasteiger partial charge in [-0.3, -0.25) is 0 Å². The lowest BCUT2D eigenvalue weighted by Crippen LogP contribution is -2.38. The minimum Gasteiger partial charge on any atom is -0.327 e. The highest BCUT2D eigenvalue weighted by molar-refractivity contribution is 4.82. The van der Waals surface area contributed by atoms with Crippen LogP contribution in [-0.4, -0.2) is 6.04 Å². The number of hydrogen-bond donors (Lipinski definition) is 1. The lowest BCUT2D eigenvalue weighted by molar-refractivity contribution is 0.199. The van der Waals surface area contributed by atoms with Gasteiger partial charge in [-0.1, -0.05) is 27.2 Å². The first kappa shape index (κ1) is 9.05. The molecule has 0 radical (unpaired) electrons. The molecule has 0 heterocycles. The zero-order chi connectivity index (χ0) is 8.43. The zero-order valence-electron chi connectivity index (χ0n) is 8.01. The van der Waals surface area contributed by atoms with Gasteiger partial charge in [-0.05, 0) is 30.6 Å². The largest absolute Gasteiger partial charge is 0.327 e. The van der Waals surface area contributed by atoms with Crippen LogP contribution in [0.3, 0.4) is 0 Å². The van der Waals surface area contributed by atoms with Crippen molar-refractivity contribution in [3.8, 4) is 0 Å². The average molecular weight is 155 g/mol. The van der Waals surface area contributed by atoms with E-state index in [1.165, 1.54) is 19.3 Å². The van der Waals surface area contributed by atoms with Gasteiger partial charge in [-0.15, -0.1) is 0 Å². The highest BCUT2D eigenvalue weighted by atomic mass is 14.7. The summed E-state index contributed by atoms with van der Waals surface area (Å²) in [5.41, 5.74) is 6.07. The Bertz CT molecular complexity index is 120. The fraction of sp³-hybridized carbons (Fsp3) is 1.00. The van der Waals surface area contributed by atoms with Crippen molar-refractivity contribution >= 4 is 0 Å². The van der Waals surface area contributed by atoms with Crippen molar-refractivity contribution in [2.75, 3.05) is 0 Å². The van der Waals surface area contributed by atoms with E-state index in [0.29, 0.717) is 6.04 Å². The van der Waals surface area contributed by atoms with Crippen LogP contribution >= 0.6 is 0 Å². The molecule has 1 saturated carbocycles. The molecule has 0 bridgehead atoms. The first-order chi connectivity index (χ1) is 5.11. The molecule has 1 aliphatic rings. The molecule has 2 N–H and O–H groups in total. The molecule has 0 amide bonds. The van der Waals surface area contributed by atoms with Crippen molar-refractivity contribution in [1.82, 2.24) is 0 Å². The van der Waals surface area contributed by atoms with E-state index in [2.05, 4.69) is 20.8 Å². The minimum absolute atomic E-state index is 0.471. The van der Waals surface area contributed by atoms with Crippen molar-refractivity contribution in [3.05, 3.63) is 0 Å². The molecule has 1 rings (SSSR count). The maximum atomic E-state index is 6.07. The van der Waals surface area contributed by atoms with Crippen LogP contribution in [0.2, 0.25) is 0 Å². The fourth-order valence-electron chi connectivity index (χ4n) is 2.28. The van der Waals surface area contributed by atoms with Crippen molar-refractivity contribution in [1.29, 1.82) is 0 Å². The Balaban J connectivity index is 2.44. The smallest absolute Gasteiger partial charge is 0.00721 e. The molecule has 3 atom stereocenters. The Morgan fingerprint density at radius 3 is 2.36 bits per heavy atom. The summed E-state index contributed by atoms with van der Waals surface area (Å²) in [6, 6.07) is 0.471. The van der Waals surface area contributed by atoms with E-state index in [1.807, 2.05) is 0 Å². The van der Waals surface area contributed by atoms with E-state index in [1.54, 1.807) is 0 Å². The highest BCUT2D eigenvalue weighted by Gasteiger charge is 2.27. The zero-order valence-corrected chi connectivity index (χ0v) is 8.01. The Morgan fingerprint density at radius 2 is 1.91 bits per heavy atom. The van der Waals surface area contributed by atoms with Gasteiger partial charge in [0.05, 0.1) is 0 Å². The summed E-state index contributed by atoms with van der Waals surface area (Å²) in [5, 5.41) is 0. The number of hydrogen-bond acceptors (Lipinski definition) is 1. The molecule has 11 heavy (non-hydrogen) atoms. The second kappa shape index (κ2) is 3.57. The average Bonchev–Trinajstić information content (AvgIpc) is 1.85. The third-order valence-corrected chi connectivity index (χ3v) is 3.07. The molecule has 1 nitrogen and oxygen atoms in total. The molecule has 1 aliphatic carbocycles. The predicted molar refractivity (Wildman–Crippen MR) is 49.3 cm³/mol. The van der Waals surface area contributed by atoms with E-state index in [9.17, 15) is 0 Å². The normalized spacial score (nSPS) is 39.5. The van der Waals surface area contributed by atoms with Gasteiger partial charge in [0.15, 0.2) is 0 Å². The SMILES string of the molecule is CC(C)[C@H]1CC[C@@H](C)C[C@H]1N. The van der Waals surface area contributed by atoms with Crippen LogP contribution in [0.1, 0.15) is 40.0 Å². The summed E-state index contributed by atoms with van der Waals surface area (Å²) in [4.78, 5) is 0. The minimum atomic E-state index is 0.471. The lowest BCUT2D eigenvalue weighted by atomic mass is 9.74. The molecule has 1 heteroatoms. The van der Waals surface area contributed by atoms with Crippen molar-refractivity contribution in [3.63, 3.8) is 0 Å². The lowest BCUT2D eigenvalue weighted by Gasteiger charge is -2.34. The fourth-order valence-corrected chi connectivity index (χ4v) is 2.28. The molecule has 66 valence electrons. The van der Waals surface area contributed by atoms with Crippen LogP contribution in [0.25, 0.3) is 0 Å². The summed E-state index contributed by atoms with van der Waals surface area (Å²) < 4.78 is 0. The van der Waals surface area contributed by atoms with Crippen molar-refractivity contribution in [2.45, 2.75) is 46.1 Å². The van der Waals surface area contributed by atoms with Crippen molar-refractivity contribution < 1.29 is 0 Å². The van der Waals surface area contributed by atoms with Crippen LogP contribution in [0, 0.1) is 17.8 Å². The monoisotopic (exact) mass is 155 g/mol. The molecular weight excluding hydrogens is 134 g/mol. The summed E-state index contributed by atoms with van der Waals surface area (Å²) in [5.74, 6) is 2.42. The standard InChI is InChI=1S/C10H21N/c1-7(2)9-5-4-8(3)6-10(9)11/h7-10H,4-6,11H2,1-3H3/t8-,9-,10-/m1/s1. The van der Waals surface area contributed by atoms with Gasteiger partial charge in [0.2, 0.25) is 0 Å². The summed E-state index contributed by atoms with van der Waals surface area (Å²) in [6.45, 7) is 6.90. The van der Waals surface area contributed by atoms with Crippen LogP contribution in [-0.2, 0) is 0 Å². The molecule has 0 saturated heterocycles. The third-order valence-electron chi connectivity index (χ3n) is 3.07. The first-order valence-electron chi connectivity index (χ1n) is 4.87. The van der Waals surface area contributed by atoms with Crippen LogP contribution in [0.5, 0.6) is 0 Å². The summed E-state index contributed by atoms with van der Waals surface area (Å²) >= 11 is 0. The molecule has 0 unspecified atom stereocenters.